The first-order chi connectivity index (χ1) is 11.1. The normalized spacial score (nSPS) is 10.3. The SMILES string of the molecule is N#Cc1c(-c2ccccc2Cl)cc(-c2ccc(Cl)cc2)nc1N. The van der Waals surface area contributed by atoms with Crippen LogP contribution in [0.5, 0.6) is 0 Å². The molecule has 0 unspecified atom stereocenters. The van der Waals surface area contributed by atoms with Crippen molar-refractivity contribution in [2.24, 2.45) is 0 Å². The zero-order chi connectivity index (χ0) is 16.4. The lowest BCUT2D eigenvalue weighted by atomic mass is 9.98. The summed E-state index contributed by atoms with van der Waals surface area (Å²) in [7, 11) is 0. The molecule has 0 aliphatic rings. The highest BCUT2D eigenvalue weighted by Crippen LogP contribution is 2.35. The Morgan fingerprint density at radius 3 is 2.30 bits per heavy atom. The molecule has 3 nitrogen and oxygen atoms in total. The summed E-state index contributed by atoms with van der Waals surface area (Å²) in [5, 5.41) is 10.6. The Bertz CT molecular complexity index is 913. The van der Waals surface area contributed by atoms with Crippen LogP contribution in [-0.4, -0.2) is 4.98 Å². The number of anilines is 1. The molecule has 112 valence electrons. The van der Waals surface area contributed by atoms with Gasteiger partial charge in [0.05, 0.1) is 5.69 Å². The zero-order valence-electron chi connectivity index (χ0n) is 11.9. The van der Waals surface area contributed by atoms with Crippen LogP contribution in [0.4, 0.5) is 5.82 Å². The van der Waals surface area contributed by atoms with Gasteiger partial charge in [0.15, 0.2) is 0 Å². The van der Waals surface area contributed by atoms with E-state index in [1.165, 1.54) is 0 Å². The van der Waals surface area contributed by atoms with E-state index in [9.17, 15) is 5.26 Å². The number of nitrogens with zero attached hydrogens (tertiary/aromatic N) is 2. The van der Waals surface area contributed by atoms with Crippen LogP contribution >= 0.6 is 23.2 Å². The molecule has 1 heterocycles. The molecule has 0 bridgehead atoms. The molecular formula is C18H11Cl2N3. The molecule has 0 aliphatic heterocycles. The summed E-state index contributed by atoms with van der Waals surface area (Å²) < 4.78 is 0. The maximum atomic E-state index is 9.42. The molecule has 3 rings (SSSR count). The first-order valence-corrected chi connectivity index (χ1v) is 7.57. The third kappa shape index (κ3) is 3.00. The van der Waals surface area contributed by atoms with Crippen LogP contribution in [0.2, 0.25) is 10.0 Å². The van der Waals surface area contributed by atoms with E-state index < -0.39 is 0 Å². The second-order valence-electron chi connectivity index (χ2n) is 4.91. The van der Waals surface area contributed by atoms with Crippen molar-refractivity contribution in [2.75, 3.05) is 5.73 Å². The molecular weight excluding hydrogens is 329 g/mol. The van der Waals surface area contributed by atoms with Gasteiger partial charge in [0.25, 0.3) is 0 Å². The summed E-state index contributed by atoms with van der Waals surface area (Å²) in [5.74, 6) is 0.176. The Labute approximate surface area is 143 Å². The minimum Gasteiger partial charge on any atom is -0.383 e. The van der Waals surface area contributed by atoms with Gasteiger partial charge in [0, 0.05) is 26.7 Å². The maximum Gasteiger partial charge on any atom is 0.142 e. The molecule has 2 aromatic carbocycles. The summed E-state index contributed by atoms with van der Waals surface area (Å²) >= 11 is 12.2. The fourth-order valence-electron chi connectivity index (χ4n) is 2.34. The third-order valence-electron chi connectivity index (χ3n) is 3.46. The molecule has 0 radical (unpaired) electrons. The maximum absolute atomic E-state index is 9.42. The lowest BCUT2D eigenvalue weighted by Crippen LogP contribution is -2.00. The number of pyridine rings is 1. The van der Waals surface area contributed by atoms with Gasteiger partial charge in [-0.15, -0.1) is 0 Å². The standard InChI is InChI=1S/C18H11Cl2N3/c19-12-7-5-11(6-8-12)17-9-14(15(10-21)18(22)23-17)13-3-1-2-4-16(13)20/h1-9H,(H2,22,23). The third-order valence-corrected chi connectivity index (χ3v) is 4.04. The molecule has 3 aromatic rings. The molecule has 0 saturated carbocycles. The van der Waals surface area contributed by atoms with Crippen molar-refractivity contribution in [1.29, 1.82) is 5.26 Å². The van der Waals surface area contributed by atoms with Crippen molar-refractivity contribution in [1.82, 2.24) is 4.98 Å². The number of hydrogen-bond donors (Lipinski definition) is 1. The smallest absolute Gasteiger partial charge is 0.142 e. The minimum atomic E-state index is 0.176. The van der Waals surface area contributed by atoms with Gasteiger partial charge >= 0.3 is 0 Å². The number of halogens is 2. The summed E-state index contributed by atoms with van der Waals surface area (Å²) in [4.78, 5) is 4.33. The van der Waals surface area contributed by atoms with E-state index >= 15 is 0 Å². The Balaban J connectivity index is 2.25. The average molecular weight is 340 g/mol. The predicted octanol–water partition coefficient (Wildman–Crippen LogP) is 5.18. The molecule has 0 aliphatic carbocycles. The van der Waals surface area contributed by atoms with Gasteiger partial charge in [0.1, 0.15) is 17.5 Å². The van der Waals surface area contributed by atoms with Crippen molar-refractivity contribution >= 4 is 29.0 Å². The van der Waals surface area contributed by atoms with E-state index in [4.69, 9.17) is 28.9 Å². The summed E-state index contributed by atoms with van der Waals surface area (Å²) in [6.07, 6.45) is 0. The fourth-order valence-corrected chi connectivity index (χ4v) is 2.71. The number of nitriles is 1. The molecule has 23 heavy (non-hydrogen) atoms. The fraction of sp³-hybridized carbons (Fsp3) is 0. The molecule has 0 saturated heterocycles. The van der Waals surface area contributed by atoms with Gasteiger partial charge in [-0.25, -0.2) is 4.98 Å². The predicted molar refractivity (Wildman–Crippen MR) is 94.3 cm³/mol. The lowest BCUT2D eigenvalue weighted by molar-refractivity contribution is 1.31. The number of rotatable bonds is 2. The summed E-state index contributed by atoms with van der Waals surface area (Å²) in [6, 6.07) is 18.5. The number of benzene rings is 2. The van der Waals surface area contributed by atoms with Crippen LogP contribution in [0.15, 0.2) is 54.6 Å². The number of nitrogens with two attached hydrogens (primary N) is 1. The van der Waals surface area contributed by atoms with Crippen LogP contribution in [0, 0.1) is 11.3 Å². The van der Waals surface area contributed by atoms with Crippen LogP contribution in [0.3, 0.4) is 0 Å². The van der Waals surface area contributed by atoms with E-state index in [1.807, 2.05) is 36.4 Å². The minimum absolute atomic E-state index is 0.176. The topological polar surface area (TPSA) is 62.7 Å². The van der Waals surface area contributed by atoms with Gasteiger partial charge in [0.2, 0.25) is 0 Å². The molecule has 2 N–H and O–H groups in total. The van der Waals surface area contributed by atoms with Crippen LogP contribution in [0.25, 0.3) is 22.4 Å². The Kier molecular flexibility index (Phi) is 4.20. The van der Waals surface area contributed by atoms with E-state index in [0.29, 0.717) is 26.9 Å². The van der Waals surface area contributed by atoms with Crippen molar-refractivity contribution in [3.8, 4) is 28.5 Å². The lowest BCUT2D eigenvalue weighted by Gasteiger charge is -2.11. The first kappa shape index (κ1) is 15.4. The average Bonchev–Trinajstić information content (AvgIpc) is 2.55. The highest BCUT2D eigenvalue weighted by atomic mass is 35.5. The van der Waals surface area contributed by atoms with Crippen molar-refractivity contribution < 1.29 is 0 Å². The Morgan fingerprint density at radius 2 is 1.65 bits per heavy atom. The number of hydrogen-bond acceptors (Lipinski definition) is 3. The van der Waals surface area contributed by atoms with Crippen molar-refractivity contribution in [3.63, 3.8) is 0 Å². The van der Waals surface area contributed by atoms with Crippen LogP contribution in [0.1, 0.15) is 5.56 Å². The first-order valence-electron chi connectivity index (χ1n) is 6.81. The number of nitrogen functional groups attached to an aromatic ring is 1. The quantitative estimate of drug-likeness (QED) is 0.699. The second kappa shape index (κ2) is 6.29. The van der Waals surface area contributed by atoms with Crippen LogP contribution in [-0.2, 0) is 0 Å². The largest absolute Gasteiger partial charge is 0.383 e. The van der Waals surface area contributed by atoms with E-state index in [-0.39, 0.29) is 5.82 Å². The second-order valence-corrected chi connectivity index (χ2v) is 5.76. The highest BCUT2D eigenvalue weighted by Gasteiger charge is 2.15. The Morgan fingerprint density at radius 1 is 0.957 bits per heavy atom. The molecule has 5 heteroatoms. The van der Waals surface area contributed by atoms with Gasteiger partial charge in [-0.3, -0.25) is 0 Å². The van der Waals surface area contributed by atoms with Gasteiger partial charge in [-0.2, -0.15) is 5.26 Å². The van der Waals surface area contributed by atoms with Gasteiger partial charge in [-0.05, 0) is 24.3 Å². The van der Waals surface area contributed by atoms with Gasteiger partial charge < -0.3 is 5.73 Å². The molecule has 1 aromatic heterocycles. The Hall–Kier alpha value is -2.54. The summed E-state index contributed by atoms with van der Waals surface area (Å²) in [5.41, 5.74) is 9.23. The van der Waals surface area contributed by atoms with Crippen molar-refractivity contribution in [3.05, 3.63) is 70.2 Å². The number of aromatic nitrogens is 1. The molecule has 0 atom stereocenters. The van der Waals surface area contributed by atoms with Crippen LogP contribution < -0.4 is 5.73 Å². The summed E-state index contributed by atoms with van der Waals surface area (Å²) in [6.45, 7) is 0. The molecule has 0 amide bonds. The highest BCUT2D eigenvalue weighted by molar-refractivity contribution is 6.33. The zero-order valence-corrected chi connectivity index (χ0v) is 13.4. The van der Waals surface area contributed by atoms with E-state index in [2.05, 4.69) is 11.1 Å². The van der Waals surface area contributed by atoms with Crippen molar-refractivity contribution in [2.45, 2.75) is 0 Å². The monoisotopic (exact) mass is 339 g/mol. The molecule has 0 fully saturated rings. The van der Waals surface area contributed by atoms with E-state index in [0.717, 1.165) is 11.1 Å². The van der Waals surface area contributed by atoms with E-state index in [1.54, 1.807) is 18.2 Å². The van der Waals surface area contributed by atoms with Gasteiger partial charge in [-0.1, -0.05) is 53.5 Å². The molecule has 0 spiro atoms.